The summed E-state index contributed by atoms with van der Waals surface area (Å²) in [7, 11) is 0. The minimum atomic E-state index is 0.178. The summed E-state index contributed by atoms with van der Waals surface area (Å²) in [5, 5.41) is 0. The maximum absolute atomic E-state index is 6.11. The Kier molecular flexibility index (Phi) is 2.72. The third-order valence-corrected chi connectivity index (χ3v) is 4.11. The topological polar surface area (TPSA) is 54.7 Å². The van der Waals surface area contributed by atoms with E-state index in [1.54, 1.807) is 0 Å². The number of H-pyrrole nitrogens is 1. The third kappa shape index (κ3) is 1.77. The van der Waals surface area contributed by atoms with E-state index in [-0.39, 0.29) is 6.04 Å². The molecule has 1 heterocycles. The van der Waals surface area contributed by atoms with Crippen LogP contribution in [0.2, 0.25) is 0 Å². The average Bonchev–Trinajstić information content (AvgIpc) is 2.76. The molecule has 88 valence electrons. The molecule has 0 amide bonds. The molecule has 0 radical (unpaired) electrons. The van der Waals surface area contributed by atoms with Gasteiger partial charge in [-0.3, -0.25) is 0 Å². The summed E-state index contributed by atoms with van der Waals surface area (Å²) in [6.07, 6.45) is 10.2. The number of aryl methyl sites for hydroxylation is 1. The summed E-state index contributed by atoms with van der Waals surface area (Å²) in [4.78, 5) is 8.32. The fourth-order valence-electron chi connectivity index (χ4n) is 3.15. The first-order valence-electron chi connectivity index (χ1n) is 6.69. The zero-order chi connectivity index (χ0) is 11.0. The zero-order valence-corrected chi connectivity index (χ0v) is 9.84. The molecule has 0 aliphatic heterocycles. The number of fused-ring (bicyclic) bond motifs is 1. The Bertz CT molecular complexity index is 363. The molecule has 0 aromatic carbocycles. The van der Waals surface area contributed by atoms with Crippen molar-refractivity contribution in [1.29, 1.82) is 0 Å². The fourth-order valence-corrected chi connectivity index (χ4v) is 3.15. The van der Waals surface area contributed by atoms with Crippen molar-refractivity contribution in [3.63, 3.8) is 0 Å². The lowest BCUT2D eigenvalue weighted by Crippen LogP contribution is -2.17. The molecule has 3 heteroatoms. The van der Waals surface area contributed by atoms with Crippen molar-refractivity contribution in [1.82, 2.24) is 9.97 Å². The van der Waals surface area contributed by atoms with Crippen LogP contribution in [0.25, 0.3) is 0 Å². The zero-order valence-electron chi connectivity index (χ0n) is 9.84. The van der Waals surface area contributed by atoms with Crippen molar-refractivity contribution in [3.05, 3.63) is 17.2 Å². The van der Waals surface area contributed by atoms with Crippen molar-refractivity contribution in [3.8, 4) is 0 Å². The number of rotatable bonds is 1. The molecule has 0 saturated heterocycles. The molecule has 0 bridgehead atoms. The molecule has 3 rings (SSSR count). The minimum Gasteiger partial charge on any atom is -0.345 e. The molecule has 1 fully saturated rings. The van der Waals surface area contributed by atoms with Gasteiger partial charge in [0.25, 0.3) is 0 Å². The molecule has 3 nitrogen and oxygen atoms in total. The first kappa shape index (κ1) is 10.3. The highest BCUT2D eigenvalue weighted by molar-refractivity contribution is 5.22. The quantitative estimate of drug-likeness (QED) is 0.763. The molecule has 3 N–H and O–H groups in total. The molecule has 16 heavy (non-hydrogen) atoms. The van der Waals surface area contributed by atoms with E-state index < -0.39 is 0 Å². The minimum absolute atomic E-state index is 0.178. The smallest absolute Gasteiger partial charge is 0.109 e. The molecule has 2 aliphatic rings. The Balaban J connectivity index is 1.85. The monoisotopic (exact) mass is 219 g/mol. The highest BCUT2D eigenvalue weighted by Gasteiger charge is 2.25. The molecular formula is C13H21N3. The largest absolute Gasteiger partial charge is 0.345 e. The first-order chi connectivity index (χ1) is 7.84. The summed E-state index contributed by atoms with van der Waals surface area (Å²) in [6.45, 7) is 0. The second kappa shape index (κ2) is 4.21. The van der Waals surface area contributed by atoms with Gasteiger partial charge in [-0.25, -0.2) is 4.98 Å². The van der Waals surface area contributed by atoms with Gasteiger partial charge in [-0.05, 0) is 32.1 Å². The maximum atomic E-state index is 6.11. The number of nitrogens with zero attached hydrogens (tertiary/aromatic N) is 1. The van der Waals surface area contributed by atoms with Crippen molar-refractivity contribution >= 4 is 0 Å². The normalized spacial score (nSPS) is 26.7. The Morgan fingerprint density at radius 1 is 1.06 bits per heavy atom. The summed E-state index contributed by atoms with van der Waals surface area (Å²) in [5.74, 6) is 1.90. The van der Waals surface area contributed by atoms with Gasteiger partial charge in [0.15, 0.2) is 0 Å². The van der Waals surface area contributed by atoms with E-state index >= 15 is 0 Å². The Hall–Kier alpha value is -0.830. The van der Waals surface area contributed by atoms with Crippen LogP contribution < -0.4 is 5.73 Å². The van der Waals surface area contributed by atoms with Crippen LogP contribution in [0.5, 0.6) is 0 Å². The van der Waals surface area contributed by atoms with Gasteiger partial charge in [-0.15, -0.1) is 0 Å². The number of aromatic nitrogens is 2. The number of hydrogen-bond acceptors (Lipinski definition) is 2. The van der Waals surface area contributed by atoms with Gasteiger partial charge in [0, 0.05) is 17.7 Å². The van der Waals surface area contributed by atoms with E-state index in [2.05, 4.69) is 4.98 Å². The maximum Gasteiger partial charge on any atom is 0.109 e. The van der Waals surface area contributed by atoms with Gasteiger partial charge in [0.1, 0.15) is 5.82 Å². The first-order valence-corrected chi connectivity index (χ1v) is 6.69. The van der Waals surface area contributed by atoms with Gasteiger partial charge in [-0.2, -0.15) is 0 Å². The molecular weight excluding hydrogens is 198 g/mol. The van der Waals surface area contributed by atoms with Crippen LogP contribution in [-0.4, -0.2) is 9.97 Å². The van der Waals surface area contributed by atoms with E-state index in [4.69, 9.17) is 10.7 Å². The van der Waals surface area contributed by atoms with E-state index in [1.165, 1.54) is 50.0 Å². The highest BCUT2D eigenvalue weighted by Crippen LogP contribution is 2.34. The van der Waals surface area contributed by atoms with Gasteiger partial charge in [0.2, 0.25) is 0 Å². The number of nitrogens with two attached hydrogens (primary N) is 1. The summed E-state index contributed by atoms with van der Waals surface area (Å²) in [6, 6.07) is 0.178. The highest BCUT2D eigenvalue weighted by atomic mass is 15.0. The van der Waals surface area contributed by atoms with E-state index in [0.717, 1.165) is 18.5 Å². The van der Waals surface area contributed by atoms with Crippen LogP contribution in [0.4, 0.5) is 0 Å². The lowest BCUT2D eigenvalue weighted by Gasteiger charge is -2.19. The molecule has 2 aliphatic carbocycles. The Labute approximate surface area is 96.8 Å². The van der Waals surface area contributed by atoms with Crippen molar-refractivity contribution in [2.24, 2.45) is 5.73 Å². The van der Waals surface area contributed by atoms with E-state index in [9.17, 15) is 0 Å². The summed E-state index contributed by atoms with van der Waals surface area (Å²) >= 11 is 0. The number of imidazole rings is 1. The lowest BCUT2D eigenvalue weighted by molar-refractivity contribution is 0.430. The van der Waals surface area contributed by atoms with Crippen LogP contribution in [0.3, 0.4) is 0 Å². The molecule has 0 spiro atoms. The fraction of sp³-hybridized carbons (Fsp3) is 0.769. The van der Waals surface area contributed by atoms with Crippen LogP contribution >= 0.6 is 0 Å². The predicted octanol–water partition coefficient (Wildman–Crippen LogP) is 2.79. The van der Waals surface area contributed by atoms with Gasteiger partial charge >= 0.3 is 0 Å². The Morgan fingerprint density at radius 2 is 1.88 bits per heavy atom. The average molecular weight is 219 g/mol. The van der Waals surface area contributed by atoms with Gasteiger partial charge < -0.3 is 10.7 Å². The van der Waals surface area contributed by atoms with Crippen LogP contribution in [0.15, 0.2) is 0 Å². The molecule has 1 aromatic rings. The molecule has 1 unspecified atom stereocenters. The van der Waals surface area contributed by atoms with Gasteiger partial charge in [0.05, 0.1) is 5.69 Å². The number of hydrogen-bond donors (Lipinski definition) is 2. The second-order valence-electron chi connectivity index (χ2n) is 5.32. The third-order valence-electron chi connectivity index (χ3n) is 4.11. The number of aromatic amines is 1. The van der Waals surface area contributed by atoms with Crippen LogP contribution in [-0.2, 0) is 6.42 Å². The second-order valence-corrected chi connectivity index (χ2v) is 5.32. The van der Waals surface area contributed by atoms with Crippen molar-refractivity contribution < 1.29 is 0 Å². The van der Waals surface area contributed by atoms with Gasteiger partial charge in [-0.1, -0.05) is 19.3 Å². The van der Waals surface area contributed by atoms with Crippen LogP contribution in [0.1, 0.15) is 74.1 Å². The summed E-state index contributed by atoms with van der Waals surface area (Å²) < 4.78 is 0. The van der Waals surface area contributed by atoms with Crippen molar-refractivity contribution in [2.75, 3.05) is 0 Å². The van der Waals surface area contributed by atoms with Crippen LogP contribution in [0, 0.1) is 0 Å². The van der Waals surface area contributed by atoms with E-state index in [1.807, 2.05) is 0 Å². The summed E-state index contributed by atoms with van der Waals surface area (Å²) in [5.41, 5.74) is 8.58. The standard InChI is InChI=1S/C13H21N3/c14-10-7-4-8-11-12(10)16-13(15-11)9-5-2-1-3-6-9/h9-10H,1-8,14H2,(H,15,16). The van der Waals surface area contributed by atoms with E-state index in [0.29, 0.717) is 5.92 Å². The SMILES string of the molecule is NC1CCCc2[nH]c(C3CCCCC3)nc21. The lowest BCUT2D eigenvalue weighted by atomic mass is 9.89. The Morgan fingerprint density at radius 3 is 2.62 bits per heavy atom. The number of nitrogens with one attached hydrogen (secondary N) is 1. The molecule has 1 atom stereocenters. The molecule has 1 aromatic heterocycles. The van der Waals surface area contributed by atoms with Crippen molar-refractivity contribution in [2.45, 2.75) is 63.3 Å². The molecule has 1 saturated carbocycles. The predicted molar refractivity (Wildman–Crippen MR) is 64.3 cm³/mol.